The first-order valence-corrected chi connectivity index (χ1v) is 6.71. The van der Waals surface area contributed by atoms with Crippen LogP contribution in [0.15, 0.2) is 24.3 Å². The van der Waals surface area contributed by atoms with Crippen molar-refractivity contribution < 1.29 is 4.74 Å². The summed E-state index contributed by atoms with van der Waals surface area (Å²) in [5, 5.41) is 9.37. The molecule has 1 aromatic carbocycles. The van der Waals surface area contributed by atoms with Gasteiger partial charge in [0.15, 0.2) is 0 Å². The quantitative estimate of drug-likeness (QED) is 0.798. The van der Waals surface area contributed by atoms with E-state index in [0.29, 0.717) is 0 Å². The summed E-state index contributed by atoms with van der Waals surface area (Å²) in [7, 11) is 0. The molecule has 0 N–H and O–H groups in total. The lowest BCUT2D eigenvalue weighted by molar-refractivity contribution is 0.291. The van der Waals surface area contributed by atoms with E-state index in [-0.39, 0.29) is 6.04 Å². The molecule has 3 nitrogen and oxygen atoms in total. The highest BCUT2D eigenvalue weighted by Crippen LogP contribution is 2.26. The van der Waals surface area contributed by atoms with Crippen LogP contribution in [0.5, 0.6) is 5.75 Å². The van der Waals surface area contributed by atoms with Crippen LogP contribution in [0, 0.1) is 11.3 Å². The van der Waals surface area contributed by atoms with Gasteiger partial charge in [-0.2, -0.15) is 5.26 Å². The van der Waals surface area contributed by atoms with E-state index in [1.54, 1.807) is 0 Å². The normalized spacial score (nSPS) is 17.3. The van der Waals surface area contributed by atoms with Gasteiger partial charge in [0.1, 0.15) is 11.8 Å². The average molecular weight is 244 g/mol. The Morgan fingerprint density at radius 2 is 2.17 bits per heavy atom. The Balaban J connectivity index is 2.12. The van der Waals surface area contributed by atoms with Crippen molar-refractivity contribution in [3.05, 3.63) is 29.8 Å². The first-order chi connectivity index (χ1) is 8.85. The molecule has 96 valence electrons. The first kappa shape index (κ1) is 12.9. The van der Waals surface area contributed by atoms with E-state index in [0.717, 1.165) is 37.4 Å². The maximum atomic E-state index is 9.37. The van der Waals surface area contributed by atoms with E-state index < -0.39 is 0 Å². The number of likely N-dealkylation sites (tertiary alicyclic amines) is 1. The molecule has 1 fully saturated rings. The van der Waals surface area contributed by atoms with E-state index in [1.807, 2.05) is 24.3 Å². The second-order valence-electron chi connectivity index (χ2n) is 4.70. The van der Waals surface area contributed by atoms with Crippen molar-refractivity contribution in [2.24, 2.45) is 0 Å². The Labute approximate surface area is 109 Å². The molecule has 1 aromatic rings. The topological polar surface area (TPSA) is 36.3 Å². The Hall–Kier alpha value is -1.53. The minimum Gasteiger partial charge on any atom is -0.494 e. The monoisotopic (exact) mass is 244 g/mol. The van der Waals surface area contributed by atoms with Crippen molar-refractivity contribution in [1.29, 1.82) is 5.26 Å². The van der Waals surface area contributed by atoms with Gasteiger partial charge in [-0.15, -0.1) is 0 Å². The molecule has 0 radical (unpaired) electrons. The lowest BCUT2D eigenvalue weighted by Gasteiger charge is -2.21. The number of hydrogen-bond acceptors (Lipinski definition) is 3. The van der Waals surface area contributed by atoms with E-state index >= 15 is 0 Å². The van der Waals surface area contributed by atoms with Gasteiger partial charge in [0.25, 0.3) is 0 Å². The van der Waals surface area contributed by atoms with Crippen LogP contribution in [0.4, 0.5) is 0 Å². The highest BCUT2D eigenvalue weighted by Gasteiger charge is 2.23. The zero-order valence-corrected chi connectivity index (χ0v) is 10.9. The summed E-state index contributed by atoms with van der Waals surface area (Å²) in [6, 6.07) is 10.2. The molecule has 18 heavy (non-hydrogen) atoms. The first-order valence-electron chi connectivity index (χ1n) is 6.71. The number of nitriles is 1. The summed E-state index contributed by atoms with van der Waals surface area (Å²) in [4.78, 5) is 2.25. The number of nitrogens with zero attached hydrogens (tertiary/aromatic N) is 2. The molecule has 1 atom stereocenters. The van der Waals surface area contributed by atoms with Crippen molar-refractivity contribution in [2.45, 2.75) is 32.2 Å². The van der Waals surface area contributed by atoms with Gasteiger partial charge in [0.2, 0.25) is 0 Å². The minimum absolute atomic E-state index is 0.127. The van der Waals surface area contributed by atoms with Crippen molar-refractivity contribution in [3.8, 4) is 11.8 Å². The predicted molar refractivity (Wildman–Crippen MR) is 71.4 cm³/mol. The van der Waals surface area contributed by atoms with Crippen LogP contribution < -0.4 is 4.74 Å². The molecule has 0 saturated carbocycles. The molecule has 0 aliphatic carbocycles. The van der Waals surface area contributed by atoms with Crippen molar-refractivity contribution in [1.82, 2.24) is 4.90 Å². The smallest absolute Gasteiger partial charge is 0.123 e. The molecule has 1 saturated heterocycles. The molecule has 1 aliphatic heterocycles. The summed E-state index contributed by atoms with van der Waals surface area (Å²) in [6.07, 6.45) is 3.40. The molecule has 1 heterocycles. The SMILES string of the molecule is CCCOc1cccc(C(C#N)N2CCCC2)c1. The Bertz CT molecular complexity index is 419. The molecule has 0 bridgehead atoms. The van der Waals surface area contributed by atoms with E-state index in [4.69, 9.17) is 4.74 Å². The largest absolute Gasteiger partial charge is 0.494 e. The summed E-state index contributed by atoms with van der Waals surface area (Å²) in [5.74, 6) is 0.869. The molecule has 0 spiro atoms. The Morgan fingerprint density at radius 3 is 2.83 bits per heavy atom. The van der Waals surface area contributed by atoms with Gasteiger partial charge in [0.05, 0.1) is 12.7 Å². The third kappa shape index (κ3) is 3.02. The van der Waals surface area contributed by atoms with Gasteiger partial charge in [-0.05, 0) is 50.0 Å². The summed E-state index contributed by atoms with van der Waals surface area (Å²) in [5.41, 5.74) is 1.05. The van der Waals surface area contributed by atoms with Crippen LogP contribution in [-0.4, -0.2) is 24.6 Å². The fourth-order valence-electron chi connectivity index (χ4n) is 2.36. The van der Waals surface area contributed by atoms with E-state index in [9.17, 15) is 5.26 Å². The molecule has 0 amide bonds. The fourth-order valence-corrected chi connectivity index (χ4v) is 2.36. The zero-order valence-electron chi connectivity index (χ0n) is 10.9. The van der Waals surface area contributed by atoms with Crippen LogP contribution in [0.2, 0.25) is 0 Å². The standard InChI is InChI=1S/C15H20N2O/c1-2-10-18-14-7-5-6-13(11-14)15(12-16)17-8-3-4-9-17/h5-7,11,15H,2-4,8-10H2,1H3. The number of ether oxygens (including phenoxy) is 1. The lowest BCUT2D eigenvalue weighted by Crippen LogP contribution is -2.24. The Morgan fingerprint density at radius 1 is 1.39 bits per heavy atom. The highest BCUT2D eigenvalue weighted by atomic mass is 16.5. The van der Waals surface area contributed by atoms with Crippen molar-refractivity contribution in [3.63, 3.8) is 0 Å². The van der Waals surface area contributed by atoms with Gasteiger partial charge in [0, 0.05) is 0 Å². The molecule has 0 aromatic heterocycles. The van der Waals surface area contributed by atoms with E-state index in [1.165, 1.54) is 12.8 Å². The van der Waals surface area contributed by atoms with Crippen molar-refractivity contribution >= 4 is 0 Å². The van der Waals surface area contributed by atoms with Crippen LogP contribution in [-0.2, 0) is 0 Å². The highest BCUT2D eigenvalue weighted by molar-refractivity contribution is 5.33. The van der Waals surface area contributed by atoms with E-state index in [2.05, 4.69) is 17.9 Å². The summed E-state index contributed by atoms with van der Waals surface area (Å²) < 4.78 is 5.63. The second kappa shape index (κ2) is 6.42. The van der Waals surface area contributed by atoms with Crippen LogP contribution in [0.25, 0.3) is 0 Å². The van der Waals surface area contributed by atoms with Gasteiger partial charge in [-0.1, -0.05) is 19.1 Å². The number of hydrogen-bond donors (Lipinski definition) is 0. The molecular formula is C15H20N2O. The molecule has 1 unspecified atom stereocenters. The third-order valence-electron chi connectivity index (χ3n) is 3.27. The zero-order chi connectivity index (χ0) is 12.8. The Kier molecular flexibility index (Phi) is 4.60. The maximum Gasteiger partial charge on any atom is 0.123 e. The molecule has 1 aliphatic rings. The number of rotatable bonds is 5. The molecular weight excluding hydrogens is 224 g/mol. The van der Waals surface area contributed by atoms with Crippen molar-refractivity contribution in [2.75, 3.05) is 19.7 Å². The number of benzene rings is 1. The molecule has 3 heteroatoms. The van der Waals surface area contributed by atoms with Gasteiger partial charge in [-0.25, -0.2) is 0 Å². The van der Waals surface area contributed by atoms with Crippen LogP contribution in [0.1, 0.15) is 37.8 Å². The second-order valence-corrected chi connectivity index (χ2v) is 4.70. The average Bonchev–Trinajstić information content (AvgIpc) is 2.92. The summed E-state index contributed by atoms with van der Waals surface area (Å²) in [6.45, 7) is 4.87. The minimum atomic E-state index is -0.127. The maximum absolute atomic E-state index is 9.37. The van der Waals surface area contributed by atoms with Crippen LogP contribution in [0.3, 0.4) is 0 Å². The summed E-state index contributed by atoms with van der Waals surface area (Å²) >= 11 is 0. The van der Waals surface area contributed by atoms with Gasteiger partial charge < -0.3 is 4.74 Å². The third-order valence-corrected chi connectivity index (χ3v) is 3.27. The molecule has 2 rings (SSSR count). The lowest BCUT2D eigenvalue weighted by atomic mass is 10.1. The van der Waals surface area contributed by atoms with Gasteiger partial charge >= 0.3 is 0 Å². The van der Waals surface area contributed by atoms with Gasteiger partial charge in [-0.3, -0.25) is 4.90 Å². The fraction of sp³-hybridized carbons (Fsp3) is 0.533. The predicted octanol–water partition coefficient (Wildman–Crippen LogP) is 3.14. The van der Waals surface area contributed by atoms with Crippen LogP contribution >= 0.6 is 0 Å².